The van der Waals surface area contributed by atoms with Gasteiger partial charge in [0, 0.05) is 25.7 Å². The maximum absolute atomic E-state index is 5.39. The van der Waals surface area contributed by atoms with Crippen molar-refractivity contribution in [3.05, 3.63) is 35.4 Å². The summed E-state index contributed by atoms with van der Waals surface area (Å²) in [6.07, 6.45) is 3.81. The number of ether oxygens (including phenoxy) is 1. The van der Waals surface area contributed by atoms with E-state index < -0.39 is 0 Å². The number of nitrogens with zero attached hydrogens (tertiary/aromatic N) is 1. The van der Waals surface area contributed by atoms with Crippen LogP contribution < -0.4 is 5.32 Å². The predicted molar refractivity (Wildman–Crippen MR) is 86.5 cm³/mol. The van der Waals surface area contributed by atoms with Crippen molar-refractivity contribution in [2.45, 2.75) is 38.3 Å². The molecule has 0 bridgehead atoms. The van der Waals surface area contributed by atoms with Crippen LogP contribution in [0.15, 0.2) is 24.3 Å². The first kappa shape index (κ1) is 15.0. The quantitative estimate of drug-likeness (QED) is 0.901. The Bertz CT molecular complexity index is 460. The molecular weight excluding hydrogens is 260 g/mol. The van der Waals surface area contributed by atoms with Crippen molar-refractivity contribution in [2.24, 2.45) is 5.92 Å². The lowest BCUT2D eigenvalue weighted by molar-refractivity contribution is 0.0601. The first-order chi connectivity index (χ1) is 10.3. The van der Waals surface area contributed by atoms with Gasteiger partial charge in [0.15, 0.2) is 0 Å². The van der Waals surface area contributed by atoms with Crippen molar-refractivity contribution in [3.8, 4) is 0 Å². The number of piperidine rings is 1. The minimum atomic E-state index is 0.493. The number of rotatable bonds is 5. The van der Waals surface area contributed by atoms with Gasteiger partial charge in [0.2, 0.25) is 0 Å². The molecule has 0 amide bonds. The van der Waals surface area contributed by atoms with Gasteiger partial charge in [0.1, 0.15) is 0 Å². The molecule has 21 heavy (non-hydrogen) atoms. The molecule has 1 saturated heterocycles. The number of likely N-dealkylation sites (N-methyl/N-ethyl adjacent to an activating group) is 1. The summed E-state index contributed by atoms with van der Waals surface area (Å²) in [6, 6.07) is 10.1. The monoisotopic (exact) mass is 288 g/mol. The van der Waals surface area contributed by atoms with E-state index in [-0.39, 0.29) is 0 Å². The average molecular weight is 288 g/mol. The van der Waals surface area contributed by atoms with E-state index in [0.717, 1.165) is 13.2 Å². The van der Waals surface area contributed by atoms with Crippen LogP contribution in [0.5, 0.6) is 0 Å². The Labute approximate surface area is 128 Å². The summed E-state index contributed by atoms with van der Waals surface area (Å²) >= 11 is 0. The number of fused-ring (bicyclic) bond motifs is 1. The molecule has 3 unspecified atom stereocenters. The van der Waals surface area contributed by atoms with Gasteiger partial charge in [-0.3, -0.25) is 4.90 Å². The number of hydrogen-bond donors (Lipinski definition) is 1. The third-order valence-corrected chi connectivity index (χ3v) is 5.05. The van der Waals surface area contributed by atoms with Crippen LogP contribution in [0.2, 0.25) is 0 Å². The second-order valence-corrected chi connectivity index (χ2v) is 6.46. The fourth-order valence-corrected chi connectivity index (χ4v) is 4.15. The molecule has 2 aliphatic rings. The van der Waals surface area contributed by atoms with Crippen molar-refractivity contribution < 1.29 is 4.74 Å². The van der Waals surface area contributed by atoms with Crippen LogP contribution in [0.25, 0.3) is 0 Å². The van der Waals surface area contributed by atoms with Crippen LogP contribution in [-0.4, -0.2) is 44.3 Å². The molecule has 3 rings (SSSR count). The summed E-state index contributed by atoms with van der Waals surface area (Å²) < 4.78 is 5.39. The zero-order valence-electron chi connectivity index (χ0n) is 13.3. The largest absolute Gasteiger partial charge is 0.384 e. The SMILES string of the molecule is CCNC1c2ccccc2CC1N1CCCC(COC)C1. The predicted octanol–water partition coefficient (Wildman–Crippen LogP) is 2.62. The van der Waals surface area contributed by atoms with Gasteiger partial charge in [0.05, 0.1) is 6.61 Å². The van der Waals surface area contributed by atoms with E-state index in [1.807, 2.05) is 7.11 Å². The van der Waals surface area contributed by atoms with E-state index in [4.69, 9.17) is 4.74 Å². The highest BCUT2D eigenvalue weighted by atomic mass is 16.5. The van der Waals surface area contributed by atoms with Gasteiger partial charge in [-0.1, -0.05) is 31.2 Å². The maximum atomic E-state index is 5.39. The summed E-state index contributed by atoms with van der Waals surface area (Å²) in [6.45, 7) is 6.57. The van der Waals surface area contributed by atoms with E-state index in [9.17, 15) is 0 Å². The third-order valence-electron chi connectivity index (χ3n) is 5.05. The summed E-state index contributed by atoms with van der Waals surface area (Å²) in [5, 5.41) is 3.72. The molecule has 1 aromatic carbocycles. The first-order valence-corrected chi connectivity index (χ1v) is 8.37. The Kier molecular flexibility index (Phi) is 4.94. The highest BCUT2D eigenvalue weighted by molar-refractivity contribution is 5.37. The van der Waals surface area contributed by atoms with Gasteiger partial charge in [-0.15, -0.1) is 0 Å². The lowest BCUT2D eigenvalue weighted by Gasteiger charge is -2.39. The Morgan fingerprint density at radius 3 is 3.00 bits per heavy atom. The minimum Gasteiger partial charge on any atom is -0.384 e. The molecule has 0 saturated carbocycles. The lowest BCUT2D eigenvalue weighted by Crippen LogP contribution is -2.48. The van der Waals surface area contributed by atoms with E-state index in [1.165, 1.54) is 43.5 Å². The summed E-state index contributed by atoms with van der Waals surface area (Å²) in [4.78, 5) is 2.71. The van der Waals surface area contributed by atoms with Crippen LogP contribution >= 0.6 is 0 Å². The molecule has 3 atom stereocenters. The molecule has 1 fully saturated rings. The standard InChI is InChI=1S/C18H28N2O/c1-3-19-18-16-9-5-4-8-15(16)11-17(18)20-10-6-7-14(12-20)13-21-2/h4-5,8-9,14,17-19H,3,6-7,10-13H2,1-2H3. The van der Waals surface area contributed by atoms with Crippen molar-refractivity contribution >= 4 is 0 Å². The van der Waals surface area contributed by atoms with Gasteiger partial charge in [0.25, 0.3) is 0 Å². The topological polar surface area (TPSA) is 24.5 Å². The van der Waals surface area contributed by atoms with Crippen molar-refractivity contribution in [2.75, 3.05) is 33.4 Å². The molecule has 0 radical (unpaired) electrons. The smallest absolute Gasteiger partial charge is 0.0502 e. The average Bonchev–Trinajstić information content (AvgIpc) is 2.88. The summed E-state index contributed by atoms with van der Waals surface area (Å²) in [7, 11) is 1.83. The van der Waals surface area contributed by atoms with Crippen LogP contribution in [0.1, 0.15) is 36.9 Å². The van der Waals surface area contributed by atoms with Crippen molar-refractivity contribution in [1.29, 1.82) is 0 Å². The fourth-order valence-electron chi connectivity index (χ4n) is 4.15. The minimum absolute atomic E-state index is 0.493. The van der Waals surface area contributed by atoms with Crippen LogP contribution in [0.3, 0.4) is 0 Å². The van der Waals surface area contributed by atoms with Crippen molar-refractivity contribution in [3.63, 3.8) is 0 Å². The molecule has 0 aromatic heterocycles. The van der Waals surface area contributed by atoms with Gasteiger partial charge in [-0.2, -0.15) is 0 Å². The molecule has 116 valence electrons. The van der Waals surface area contributed by atoms with Gasteiger partial charge in [-0.25, -0.2) is 0 Å². The van der Waals surface area contributed by atoms with Gasteiger partial charge >= 0.3 is 0 Å². The number of hydrogen-bond acceptors (Lipinski definition) is 3. The second kappa shape index (κ2) is 6.91. The molecule has 1 aliphatic carbocycles. The van der Waals surface area contributed by atoms with E-state index in [0.29, 0.717) is 18.0 Å². The Morgan fingerprint density at radius 1 is 1.33 bits per heavy atom. The molecule has 0 spiro atoms. The molecule has 1 heterocycles. The van der Waals surface area contributed by atoms with E-state index in [2.05, 4.69) is 41.4 Å². The summed E-state index contributed by atoms with van der Waals surface area (Å²) in [5.74, 6) is 0.703. The fraction of sp³-hybridized carbons (Fsp3) is 0.667. The zero-order chi connectivity index (χ0) is 14.7. The molecule has 1 aromatic rings. The van der Waals surface area contributed by atoms with Crippen LogP contribution in [0, 0.1) is 5.92 Å². The first-order valence-electron chi connectivity index (χ1n) is 8.37. The van der Waals surface area contributed by atoms with Crippen LogP contribution in [-0.2, 0) is 11.2 Å². The number of nitrogens with one attached hydrogen (secondary N) is 1. The molecule has 1 N–H and O–H groups in total. The highest BCUT2D eigenvalue weighted by Crippen LogP contribution is 2.36. The Balaban J connectivity index is 1.75. The molecule has 1 aliphatic heterocycles. The van der Waals surface area contributed by atoms with Gasteiger partial charge in [-0.05, 0) is 49.4 Å². The zero-order valence-corrected chi connectivity index (χ0v) is 13.3. The number of likely N-dealkylation sites (tertiary alicyclic amines) is 1. The number of benzene rings is 1. The Morgan fingerprint density at radius 2 is 2.19 bits per heavy atom. The van der Waals surface area contributed by atoms with Crippen LogP contribution in [0.4, 0.5) is 0 Å². The lowest BCUT2D eigenvalue weighted by atomic mass is 9.95. The third kappa shape index (κ3) is 3.15. The molecular formula is C18H28N2O. The van der Waals surface area contributed by atoms with Gasteiger partial charge < -0.3 is 10.1 Å². The van der Waals surface area contributed by atoms with E-state index in [1.54, 1.807) is 0 Å². The van der Waals surface area contributed by atoms with Crippen molar-refractivity contribution in [1.82, 2.24) is 10.2 Å². The second-order valence-electron chi connectivity index (χ2n) is 6.46. The summed E-state index contributed by atoms with van der Waals surface area (Å²) in [5.41, 5.74) is 3.04. The van der Waals surface area contributed by atoms with E-state index >= 15 is 0 Å². The highest BCUT2D eigenvalue weighted by Gasteiger charge is 2.37. The normalized spacial score (nSPS) is 29.5. The molecule has 3 heteroatoms. The maximum Gasteiger partial charge on any atom is 0.0502 e. The number of methoxy groups -OCH3 is 1. The Hall–Kier alpha value is -0.900. The molecule has 3 nitrogen and oxygen atoms in total.